The van der Waals surface area contributed by atoms with Crippen molar-refractivity contribution in [3.63, 3.8) is 0 Å². The van der Waals surface area contributed by atoms with Gasteiger partial charge in [-0.1, -0.05) is 0 Å². The molecule has 2 aromatic heterocycles. The number of aromatic nitrogens is 2. The van der Waals surface area contributed by atoms with E-state index in [1.807, 2.05) is 0 Å². The number of nitrogens with zero attached hydrogens (tertiary/aromatic N) is 5. The van der Waals surface area contributed by atoms with Gasteiger partial charge in [-0.3, -0.25) is 38.4 Å². The molecular weight excluding hydrogens is 928 g/mol. The molecule has 0 saturated carbocycles. The fraction of sp³-hybridized carbons (Fsp3) is 0.442. The van der Waals surface area contributed by atoms with Gasteiger partial charge < -0.3 is 48.8 Å². The third kappa shape index (κ3) is 13.7. The molecule has 2 fully saturated rings. The van der Waals surface area contributed by atoms with Gasteiger partial charge in [-0.25, -0.2) is 0 Å². The van der Waals surface area contributed by atoms with Gasteiger partial charge in [-0.05, 0) is 50.9 Å². The molecule has 0 bridgehead atoms. The van der Waals surface area contributed by atoms with Crippen LogP contribution in [0, 0.1) is 11.8 Å². The number of ketones is 4. The molecule has 0 atom stereocenters. The normalized spacial score (nSPS) is 13.9. The molecule has 0 spiro atoms. The number of aryl methyl sites for hydroxylation is 2. The third-order valence-corrected chi connectivity index (χ3v) is 11.0. The summed E-state index contributed by atoms with van der Waals surface area (Å²) in [7, 11) is 12.4. The number of amides is 3. The van der Waals surface area contributed by atoms with Crippen molar-refractivity contribution in [3.8, 4) is 11.5 Å². The minimum atomic E-state index is -4.95. The van der Waals surface area contributed by atoms with Crippen LogP contribution in [0.25, 0.3) is 21.8 Å². The molecule has 6 rings (SSSR count). The Morgan fingerprint density at radius 3 is 1.38 bits per heavy atom. The summed E-state index contributed by atoms with van der Waals surface area (Å²) < 4.78 is 52.3. The van der Waals surface area contributed by atoms with Crippen LogP contribution in [-0.4, -0.2) is 197 Å². The van der Waals surface area contributed by atoms with Crippen molar-refractivity contribution < 1.29 is 123 Å². The Labute approximate surface area is 463 Å². The first kappa shape index (κ1) is 58.8. The first-order valence-corrected chi connectivity index (χ1v) is 19.9. The van der Waals surface area contributed by atoms with Gasteiger partial charge in [0.15, 0.2) is 11.6 Å². The van der Waals surface area contributed by atoms with Gasteiger partial charge >= 0.3 is 63.5 Å². The number of carbonyl (C=O) groups is 8. The van der Waals surface area contributed by atoms with Crippen molar-refractivity contribution in [2.24, 2.45) is 25.9 Å². The molecule has 18 nitrogen and oxygen atoms in total. The second-order valence-electron chi connectivity index (χ2n) is 15.5. The topological polar surface area (TPSA) is 219 Å². The Morgan fingerprint density at radius 1 is 0.697 bits per heavy atom. The average Bonchev–Trinajstić information content (AvgIpc) is 3.80. The maximum Gasteiger partial charge on any atom is 1.00 e. The van der Waals surface area contributed by atoms with Gasteiger partial charge in [-0.2, -0.15) is 13.2 Å². The van der Waals surface area contributed by atoms with E-state index in [0.29, 0.717) is 38.1 Å². The van der Waals surface area contributed by atoms with E-state index in [9.17, 15) is 46.7 Å². The summed E-state index contributed by atoms with van der Waals surface area (Å²) >= 11 is 0. The van der Waals surface area contributed by atoms with Gasteiger partial charge in [0.25, 0.3) is 29.9 Å². The van der Waals surface area contributed by atoms with Crippen LogP contribution in [-0.2, 0) is 38.2 Å². The molecule has 2 saturated heterocycles. The first-order valence-electron chi connectivity index (χ1n) is 19.9. The number of hydrogen-bond donors (Lipinski definition) is 1. The van der Waals surface area contributed by atoms with E-state index in [0.717, 1.165) is 36.3 Å². The smallest absolute Gasteiger partial charge is 0.662 e. The van der Waals surface area contributed by atoms with E-state index in [1.165, 1.54) is 45.5 Å². The number of benzene rings is 2. The van der Waals surface area contributed by atoms with Crippen molar-refractivity contribution in [2.75, 3.05) is 68.6 Å². The number of methoxy groups -OCH3 is 2. The fourth-order valence-corrected chi connectivity index (χ4v) is 7.59. The van der Waals surface area contributed by atoms with Gasteiger partial charge in [0.1, 0.15) is 11.5 Å². The van der Waals surface area contributed by atoms with Gasteiger partial charge in [0.2, 0.25) is 0 Å². The number of rotatable bonds is 11. The van der Waals surface area contributed by atoms with Crippen LogP contribution in [0.2, 0.25) is 0 Å². The van der Waals surface area contributed by atoms with E-state index in [-0.39, 0.29) is 170 Å². The number of ether oxygens (including phenoxy) is 2. The zero-order chi connectivity index (χ0) is 47.8. The Morgan fingerprint density at radius 2 is 1.06 bits per heavy atom. The molecule has 2 aliphatic rings. The van der Waals surface area contributed by atoms with E-state index in [1.54, 1.807) is 61.7 Å². The van der Waals surface area contributed by atoms with Crippen molar-refractivity contribution in [1.82, 2.24) is 29.2 Å². The van der Waals surface area contributed by atoms with Crippen molar-refractivity contribution in [2.45, 2.75) is 31.9 Å². The molecular formula is C43H50F3K2N6O12. The van der Waals surface area contributed by atoms with Crippen LogP contribution in [0.3, 0.4) is 0 Å². The minimum absolute atomic E-state index is 0. The number of alkyl halides is 3. The Hall–Kier alpha value is -3.34. The number of Topliss-reactive ketones (excluding diaryl/α,β-unsaturated/α-hetero) is 4. The maximum atomic E-state index is 13.3. The summed E-state index contributed by atoms with van der Waals surface area (Å²) in [6.45, 7) is 1.07. The van der Waals surface area contributed by atoms with Crippen LogP contribution >= 0.6 is 0 Å². The molecule has 0 unspecified atom stereocenters. The van der Waals surface area contributed by atoms with Crippen LogP contribution in [0.15, 0.2) is 36.7 Å². The van der Waals surface area contributed by atoms with Crippen LogP contribution in [0.5, 0.6) is 11.5 Å². The summed E-state index contributed by atoms with van der Waals surface area (Å²) in [5.74, 6) is -4.80. The molecule has 3 amide bonds. The van der Waals surface area contributed by atoms with Gasteiger partial charge in [0.05, 0.1) is 47.5 Å². The molecule has 4 heterocycles. The number of nitrogens with one attached hydrogen (secondary N) is 1. The summed E-state index contributed by atoms with van der Waals surface area (Å²) in [6, 6.07) is 6.54. The number of fused-ring (bicyclic) bond motifs is 2. The number of piperidine rings is 2. The SMILES string of the molecule is COc1cc2c(cc1C(=O)C1CCN(C(=O)C(F)(F)F)CC1)c(C(=O)C(=O)N(C)C)cn2C.COc1cc2c(cc1C(=O)C1CCNCC1)c(C(=O)C(=O)N(C)C)cn2C.O=CO[O-].[K+].[K]. The predicted molar refractivity (Wildman–Crippen MR) is 228 cm³/mol. The molecule has 2 aromatic carbocycles. The molecule has 1 N–H and O–H groups in total. The first-order chi connectivity index (χ1) is 30.1. The Kier molecular flexibility index (Phi) is 23.0. The molecule has 4 aromatic rings. The zero-order valence-corrected chi connectivity index (χ0v) is 44.9. The van der Waals surface area contributed by atoms with Crippen LogP contribution in [0.4, 0.5) is 13.2 Å². The second-order valence-corrected chi connectivity index (χ2v) is 15.5. The second kappa shape index (κ2) is 25.9. The van der Waals surface area contributed by atoms with Gasteiger partial charge in [0, 0.05) is 154 Å². The number of likely N-dealkylation sites (tertiary alicyclic amines) is 1. The number of likely N-dealkylation sites (N-methyl/N-ethyl adjacent to an activating group) is 2. The van der Waals surface area contributed by atoms with Crippen LogP contribution < -0.4 is 71.4 Å². The number of carbonyl (C=O) groups excluding carboxylic acids is 8. The zero-order valence-electron chi connectivity index (χ0n) is 38.6. The van der Waals surface area contributed by atoms with E-state index >= 15 is 0 Å². The van der Waals surface area contributed by atoms with E-state index in [2.05, 4.69) is 10.2 Å². The van der Waals surface area contributed by atoms with Crippen molar-refractivity contribution >= 4 is 121 Å². The average molecular weight is 978 g/mol. The van der Waals surface area contributed by atoms with Crippen molar-refractivity contribution in [3.05, 3.63) is 58.9 Å². The standard InChI is InChI=1S/C22H24F3N3O5.C20H25N3O4.CH2O3.2K/c1-26(2)20(31)19(30)15-11-27(3)16-10-17(33-4)14(9-13(15)16)18(29)12-5-7-28(8-6-12)21(32)22(23,24)25;1-22(2)20(26)19(25)15-11-23(3)16-10-17(27-4)14(9-13(15)16)18(24)12-5-7-21-8-6-12;2-1-4-3;;/h9-12H,5-8H2,1-4H3;9-12,21H,5-8H2,1-4H3;1,3H;;/q;;;;+1/p-1. The molecule has 0 aliphatic carbocycles. The fourth-order valence-electron chi connectivity index (χ4n) is 7.59. The van der Waals surface area contributed by atoms with Gasteiger partial charge in [-0.15, -0.1) is 0 Å². The Bertz CT molecular complexity index is 2450. The molecule has 66 heavy (non-hydrogen) atoms. The molecule has 23 heteroatoms. The molecule has 347 valence electrons. The van der Waals surface area contributed by atoms with Crippen molar-refractivity contribution in [1.29, 1.82) is 0 Å². The predicted octanol–water partition coefficient (Wildman–Crippen LogP) is -0.861. The summed E-state index contributed by atoms with van der Waals surface area (Å²) in [5, 5.41) is 12.7. The van der Waals surface area contributed by atoms with E-state index in [4.69, 9.17) is 19.5 Å². The number of halogens is 3. The van der Waals surface area contributed by atoms with E-state index < -0.39 is 41.4 Å². The Balaban J connectivity index is 0.000000414. The summed E-state index contributed by atoms with van der Waals surface area (Å²) in [6.07, 6.45) is -0.121. The number of hydrogen-bond acceptors (Lipinski definition) is 13. The third-order valence-electron chi connectivity index (χ3n) is 11.0. The van der Waals surface area contributed by atoms with Crippen LogP contribution in [0.1, 0.15) is 67.1 Å². The monoisotopic (exact) mass is 977 g/mol. The quantitative estimate of drug-likeness (QED) is 0.0484. The largest absolute Gasteiger partial charge is 1.00 e. The summed E-state index contributed by atoms with van der Waals surface area (Å²) in [5.41, 5.74) is 2.38. The molecule has 2 aliphatic heterocycles. The minimum Gasteiger partial charge on any atom is -0.662 e. The summed E-state index contributed by atoms with van der Waals surface area (Å²) in [4.78, 5) is 102. The maximum absolute atomic E-state index is 13.3. The molecule has 1 radical (unpaired) electrons.